The number of para-hydroxylation sites is 1. The van der Waals surface area contributed by atoms with Crippen LogP contribution in [0.3, 0.4) is 0 Å². The van der Waals surface area contributed by atoms with Crippen LogP contribution in [0.5, 0.6) is 0 Å². The number of anilines is 1. The van der Waals surface area contributed by atoms with Gasteiger partial charge in [0, 0.05) is 17.1 Å². The van der Waals surface area contributed by atoms with Crippen LogP contribution >= 0.6 is 23.6 Å². The van der Waals surface area contributed by atoms with Crippen molar-refractivity contribution in [3.63, 3.8) is 0 Å². The lowest BCUT2D eigenvalue weighted by Crippen LogP contribution is -2.36. The van der Waals surface area contributed by atoms with Gasteiger partial charge in [0.25, 0.3) is 0 Å². The zero-order chi connectivity index (χ0) is 17.5. The molecule has 0 fully saturated rings. The maximum atomic E-state index is 5.55. The van der Waals surface area contributed by atoms with Gasteiger partial charge in [-0.25, -0.2) is 0 Å². The standard InChI is InChI=1S/C19H27N3S2/c1-5-14-9-7-10-15(6-2)18(14)21-19(23)20-13-16(22(3)4)17-11-8-12-24-17/h7-12,16H,5-6,13H2,1-4H3,(H2,20,21,23)/t16-/m0/s1. The fourth-order valence-electron chi connectivity index (χ4n) is 2.77. The summed E-state index contributed by atoms with van der Waals surface area (Å²) in [5, 5.41) is 9.62. The number of hydrogen-bond acceptors (Lipinski definition) is 3. The molecule has 0 saturated carbocycles. The van der Waals surface area contributed by atoms with Crippen molar-refractivity contribution in [3.8, 4) is 0 Å². The molecular weight excluding hydrogens is 334 g/mol. The Morgan fingerprint density at radius 2 is 1.79 bits per heavy atom. The van der Waals surface area contributed by atoms with Crippen LogP contribution in [0.4, 0.5) is 5.69 Å². The first-order valence-corrected chi connectivity index (χ1v) is 9.71. The summed E-state index contributed by atoms with van der Waals surface area (Å²) in [5.41, 5.74) is 3.78. The zero-order valence-corrected chi connectivity index (χ0v) is 16.6. The predicted molar refractivity (Wildman–Crippen MR) is 110 cm³/mol. The molecule has 0 bridgehead atoms. The maximum absolute atomic E-state index is 5.55. The first kappa shape index (κ1) is 18.9. The molecule has 0 amide bonds. The molecule has 0 radical (unpaired) electrons. The molecule has 1 aromatic heterocycles. The van der Waals surface area contributed by atoms with Crippen molar-refractivity contribution >= 4 is 34.4 Å². The second kappa shape index (κ2) is 9.16. The van der Waals surface area contributed by atoms with Gasteiger partial charge in [-0.05, 0) is 61.7 Å². The van der Waals surface area contributed by atoms with Gasteiger partial charge in [0.2, 0.25) is 0 Å². The number of nitrogens with one attached hydrogen (secondary N) is 2. The summed E-state index contributed by atoms with van der Waals surface area (Å²) in [7, 11) is 4.20. The van der Waals surface area contributed by atoms with Crippen LogP contribution in [0.2, 0.25) is 0 Å². The summed E-state index contributed by atoms with van der Waals surface area (Å²) in [6.45, 7) is 5.14. The molecule has 5 heteroatoms. The first-order valence-electron chi connectivity index (χ1n) is 8.42. The lowest BCUT2D eigenvalue weighted by atomic mass is 10.0. The molecule has 1 aromatic carbocycles. The second-order valence-corrected chi connectivity index (χ2v) is 7.38. The molecule has 3 nitrogen and oxygen atoms in total. The van der Waals surface area contributed by atoms with Crippen LogP contribution in [0, 0.1) is 0 Å². The highest BCUT2D eigenvalue weighted by Gasteiger charge is 2.16. The summed E-state index contributed by atoms with van der Waals surface area (Å²) in [5.74, 6) is 0. The van der Waals surface area contributed by atoms with E-state index in [4.69, 9.17) is 12.2 Å². The minimum absolute atomic E-state index is 0.316. The van der Waals surface area contributed by atoms with Crippen molar-refractivity contribution in [2.75, 3.05) is 26.0 Å². The fourth-order valence-corrected chi connectivity index (χ4v) is 3.88. The summed E-state index contributed by atoms with van der Waals surface area (Å²) in [4.78, 5) is 3.57. The average molecular weight is 362 g/mol. The number of hydrogen-bond donors (Lipinski definition) is 2. The third kappa shape index (κ3) is 4.79. The molecule has 1 atom stereocenters. The molecule has 0 saturated heterocycles. The largest absolute Gasteiger partial charge is 0.360 e. The van der Waals surface area contributed by atoms with Crippen molar-refractivity contribution in [2.45, 2.75) is 32.7 Å². The Kier molecular flexibility index (Phi) is 7.21. The minimum Gasteiger partial charge on any atom is -0.360 e. The predicted octanol–water partition coefficient (Wildman–Crippen LogP) is 4.46. The van der Waals surface area contributed by atoms with E-state index in [2.05, 4.69) is 79.2 Å². The van der Waals surface area contributed by atoms with E-state index in [9.17, 15) is 0 Å². The Morgan fingerprint density at radius 3 is 2.29 bits per heavy atom. The SMILES string of the molecule is CCc1cccc(CC)c1NC(=S)NC[C@@H](c1cccs1)N(C)C. The fraction of sp³-hybridized carbons (Fsp3) is 0.421. The Balaban J connectivity index is 2.03. The highest BCUT2D eigenvalue weighted by Crippen LogP contribution is 2.24. The van der Waals surface area contributed by atoms with Gasteiger partial charge in [-0.1, -0.05) is 38.1 Å². The van der Waals surface area contributed by atoms with Gasteiger partial charge in [0.05, 0.1) is 6.04 Å². The lowest BCUT2D eigenvalue weighted by molar-refractivity contribution is 0.303. The molecule has 2 N–H and O–H groups in total. The van der Waals surface area contributed by atoms with Crippen LogP contribution < -0.4 is 10.6 Å². The van der Waals surface area contributed by atoms with E-state index >= 15 is 0 Å². The average Bonchev–Trinajstić information content (AvgIpc) is 3.09. The molecule has 2 aromatic rings. The van der Waals surface area contributed by atoms with Crippen LogP contribution in [0.1, 0.15) is 35.9 Å². The number of thiocarbonyl (C=S) groups is 1. The second-order valence-electron chi connectivity index (χ2n) is 5.99. The molecule has 24 heavy (non-hydrogen) atoms. The molecule has 0 unspecified atom stereocenters. The third-order valence-electron chi connectivity index (χ3n) is 4.19. The highest BCUT2D eigenvalue weighted by molar-refractivity contribution is 7.80. The zero-order valence-electron chi connectivity index (χ0n) is 14.9. The summed E-state index contributed by atoms with van der Waals surface area (Å²) >= 11 is 7.33. The van der Waals surface area contributed by atoms with Crippen molar-refractivity contribution < 1.29 is 0 Å². The molecule has 0 aliphatic rings. The monoisotopic (exact) mass is 361 g/mol. The van der Waals surface area contributed by atoms with E-state index in [0.29, 0.717) is 11.2 Å². The van der Waals surface area contributed by atoms with E-state index in [1.54, 1.807) is 11.3 Å². The van der Waals surface area contributed by atoms with E-state index < -0.39 is 0 Å². The number of aryl methyl sites for hydroxylation is 2. The number of benzene rings is 1. The molecule has 0 spiro atoms. The van der Waals surface area contributed by atoms with Crippen LogP contribution in [0.25, 0.3) is 0 Å². The quantitative estimate of drug-likeness (QED) is 0.712. The van der Waals surface area contributed by atoms with Gasteiger partial charge in [-0.15, -0.1) is 11.3 Å². The minimum atomic E-state index is 0.316. The van der Waals surface area contributed by atoms with Crippen molar-refractivity contribution in [1.82, 2.24) is 10.2 Å². The van der Waals surface area contributed by atoms with Crippen molar-refractivity contribution in [1.29, 1.82) is 0 Å². The van der Waals surface area contributed by atoms with E-state index in [1.165, 1.54) is 16.0 Å². The van der Waals surface area contributed by atoms with Gasteiger partial charge in [-0.3, -0.25) is 0 Å². The molecule has 0 aliphatic carbocycles. The number of thiophene rings is 1. The summed E-state index contributed by atoms with van der Waals surface area (Å²) in [6.07, 6.45) is 1.99. The smallest absolute Gasteiger partial charge is 0.170 e. The highest BCUT2D eigenvalue weighted by atomic mass is 32.1. The van der Waals surface area contributed by atoms with Gasteiger partial charge < -0.3 is 15.5 Å². The number of likely N-dealkylation sites (N-methyl/N-ethyl adjacent to an activating group) is 1. The Hall–Kier alpha value is -1.43. The molecule has 130 valence electrons. The Morgan fingerprint density at radius 1 is 1.12 bits per heavy atom. The van der Waals surface area contributed by atoms with E-state index in [-0.39, 0.29) is 0 Å². The number of nitrogens with zero attached hydrogens (tertiary/aromatic N) is 1. The van der Waals surface area contributed by atoms with Gasteiger partial charge in [0.1, 0.15) is 0 Å². The van der Waals surface area contributed by atoms with Crippen molar-refractivity contribution in [3.05, 3.63) is 51.7 Å². The molecule has 2 rings (SSSR count). The van der Waals surface area contributed by atoms with Gasteiger partial charge in [-0.2, -0.15) is 0 Å². The van der Waals surface area contributed by atoms with Gasteiger partial charge in [0.15, 0.2) is 5.11 Å². The Labute approximate surface area is 155 Å². The third-order valence-corrected chi connectivity index (χ3v) is 5.41. The van der Waals surface area contributed by atoms with E-state index in [1.807, 2.05) is 0 Å². The van der Waals surface area contributed by atoms with Crippen LogP contribution in [0.15, 0.2) is 35.7 Å². The maximum Gasteiger partial charge on any atom is 0.170 e. The summed E-state index contributed by atoms with van der Waals surface area (Å²) < 4.78 is 0. The van der Waals surface area contributed by atoms with Crippen LogP contribution in [-0.4, -0.2) is 30.7 Å². The topological polar surface area (TPSA) is 27.3 Å². The first-order chi connectivity index (χ1) is 11.6. The molecule has 1 heterocycles. The lowest BCUT2D eigenvalue weighted by Gasteiger charge is -2.25. The molecule has 0 aliphatic heterocycles. The van der Waals surface area contributed by atoms with Crippen LogP contribution in [-0.2, 0) is 12.8 Å². The Bertz CT molecular complexity index is 628. The van der Waals surface area contributed by atoms with E-state index in [0.717, 1.165) is 25.1 Å². The van der Waals surface area contributed by atoms with Gasteiger partial charge >= 0.3 is 0 Å². The van der Waals surface area contributed by atoms with Crippen molar-refractivity contribution in [2.24, 2.45) is 0 Å². The normalized spacial score (nSPS) is 12.2. The number of rotatable bonds is 7. The molecular formula is C19H27N3S2. The summed E-state index contributed by atoms with van der Waals surface area (Å²) in [6, 6.07) is 11.0.